The second-order valence-corrected chi connectivity index (χ2v) is 10.2. The summed E-state index contributed by atoms with van der Waals surface area (Å²) in [5.74, 6) is 1.17. The molecule has 2 fully saturated rings. The van der Waals surface area contributed by atoms with E-state index in [0.717, 1.165) is 74.2 Å². The highest BCUT2D eigenvalue weighted by Gasteiger charge is 2.22. The summed E-state index contributed by atoms with van der Waals surface area (Å²) in [6.45, 7) is 4.27. The fourth-order valence-electron chi connectivity index (χ4n) is 5.10. The number of nitrogens with one attached hydrogen (secondary N) is 1. The molecule has 0 radical (unpaired) electrons. The minimum absolute atomic E-state index is 0.00323. The second kappa shape index (κ2) is 11.7. The van der Waals surface area contributed by atoms with Crippen molar-refractivity contribution in [3.8, 4) is 0 Å². The Hall–Kier alpha value is -2.52. The smallest absolute Gasteiger partial charge is 0.225 e. The highest BCUT2D eigenvalue weighted by atomic mass is 35.5. The molecule has 5 rings (SSSR count). The van der Waals surface area contributed by atoms with Crippen molar-refractivity contribution in [2.75, 3.05) is 37.7 Å². The lowest BCUT2D eigenvalue weighted by atomic mass is 9.97. The molecule has 2 saturated heterocycles. The van der Waals surface area contributed by atoms with Crippen molar-refractivity contribution in [2.45, 2.75) is 44.9 Å². The van der Waals surface area contributed by atoms with Crippen molar-refractivity contribution in [3.05, 3.63) is 52.9 Å². The van der Waals surface area contributed by atoms with Crippen LogP contribution in [-0.4, -0.2) is 59.5 Å². The molecule has 36 heavy (non-hydrogen) atoms. The maximum absolute atomic E-state index is 12.4. The molecule has 1 N–H and O–H groups in total. The van der Waals surface area contributed by atoms with Crippen LogP contribution in [0.4, 0.5) is 5.95 Å². The van der Waals surface area contributed by atoms with Crippen molar-refractivity contribution < 1.29 is 14.3 Å². The van der Waals surface area contributed by atoms with Gasteiger partial charge in [-0.1, -0.05) is 17.7 Å². The van der Waals surface area contributed by atoms with E-state index in [1.165, 1.54) is 5.56 Å². The summed E-state index contributed by atoms with van der Waals surface area (Å²) < 4.78 is 13.2. The Labute approximate surface area is 216 Å². The summed E-state index contributed by atoms with van der Waals surface area (Å²) in [6, 6.07) is 6.05. The van der Waals surface area contributed by atoms with E-state index in [1.807, 2.05) is 12.1 Å². The molecular formula is C27H34ClN5O3. The van der Waals surface area contributed by atoms with Gasteiger partial charge in [0, 0.05) is 62.8 Å². The minimum atomic E-state index is -0.275. The van der Waals surface area contributed by atoms with Crippen LogP contribution < -0.4 is 10.2 Å². The van der Waals surface area contributed by atoms with Crippen LogP contribution in [0.3, 0.4) is 0 Å². The van der Waals surface area contributed by atoms with Crippen molar-refractivity contribution in [1.29, 1.82) is 0 Å². The summed E-state index contributed by atoms with van der Waals surface area (Å²) in [5.41, 5.74) is 2.86. The Balaban J connectivity index is 1.06. The van der Waals surface area contributed by atoms with Crippen LogP contribution in [-0.2, 0) is 23.1 Å². The second-order valence-electron chi connectivity index (χ2n) is 9.76. The summed E-state index contributed by atoms with van der Waals surface area (Å²) in [7, 11) is 2.06. The van der Waals surface area contributed by atoms with Gasteiger partial charge in [-0.25, -0.2) is 9.97 Å². The molecule has 192 valence electrons. The molecule has 1 aromatic carbocycles. The van der Waals surface area contributed by atoms with Crippen LogP contribution in [0, 0.1) is 5.92 Å². The molecule has 2 aliphatic heterocycles. The van der Waals surface area contributed by atoms with E-state index >= 15 is 0 Å². The fraction of sp³-hybridized carbons (Fsp3) is 0.519. The van der Waals surface area contributed by atoms with Gasteiger partial charge in [0.25, 0.3) is 0 Å². The van der Waals surface area contributed by atoms with Crippen LogP contribution in [0.1, 0.15) is 48.0 Å². The van der Waals surface area contributed by atoms with Gasteiger partial charge in [-0.3, -0.25) is 4.79 Å². The Morgan fingerprint density at radius 1 is 1.19 bits per heavy atom. The van der Waals surface area contributed by atoms with Gasteiger partial charge in [-0.2, -0.15) is 0 Å². The van der Waals surface area contributed by atoms with E-state index < -0.39 is 0 Å². The lowest BCUT2D eigenvalue weighted by Crippen LogP contribution is -2.38. The topological polar surface area (TPSA) is 81.5 Å². The van der Waals surface area contributed by atoms with Gasteiger partial charge in [0.05, 0.1) is 10.6 Å². The fourth-order valence-corrected chi connectivity index (χ4v) is 5.39. The molecule has 3 aromatic rings. The Morgan fingerprint density at radius 3 is 2.75 bits per heavy atom. The zero-order chi connectivity index (χ0) is 24.9. The molecule has 9 heteroatoms. The van der Waals surface area contributed by atoms with Crippen LogP contribution >= 0.6 is 11.6 Å². The zero-order valence-corrected chi connectivity index (χ0v) is 21.5. The van der Waals surface area contributed by atoms with Gasteiger partial charge in [0.1, 0.15) is 6.61 Å². The quantitative estimate of drug-likeness (QED) is 0.427. The van der Waals surface area contributed by atoms with Gasteiger partial charge >= 0.3 is 0 Å². The third kappa shape index (κ3) is 5.89. The van der Waals surface area contributed by atoms with E-state index in [4.69, 9.17) is 21.1 Å². The predicted octanol–water partition coefficient (Wildman–Crippen LogP) is 4.35. The molecule has 1 unspecified atom stereocenters. The number of piperidine rings is 1. The maximum atomic E-state index is 12.4. The SMILES string of the molecule is Cn1cc(CNCC2CCN(c3ncc(C(=O)COC4CCCCO4)cn3)CC2)c2c(Cl)cccc21. The highest BCUT2D eigenvalue weighted by Crippen LogP contribution is 2.28. The molecule has 4 heterocycles. The first-order chi connectivity index (χ1) is 17.6. The van der Waals surface area contributed by atoms with E-state index in [0.29, 0.717) is 24.0 Å². The summed E-state index contributed by atoms with van der Waals surface area (Å²) in [4.78, 5) is 23.5. The molecule has 0 saturated carbocycles. The van der Waals surface area contributed by atoms with Crippen LogP contribution in [0.5, 0.6) is 0 Å². The summed E-state index contributed by atoms with van der Waals surface area (Å²) in [6.07, 6.45) is 10.2. The van der Waals surface area contributed by atoms with Crippen molar-refractivity contribution >= 4 is 34.2 Å². The molecule has 2 aliphatic rings. The van der Waals surface area contributed by atoms with Gasteiger partial charge in [-0.05, 0) is 62.3 Å². The number of ketones is 1. The number of hydrogen-bond acceptors (Lipinski definition) is 7. The minimum Gasteiger partial charge on any atom is -0.353 e. The number of carbonyl (C=O) groups excluding carboxylic acids is 1. The number of anilines is 1. The number of aromatic nitrogens is 3. The predicted molar refractivity (Wildman–Crippen MR) is 140 cm³/mol. The lowest BCUT2D eigenvalue weighted by molar-refractivity contribution is -0.155. The molecule has 0 bridgehead atoms. The molecule has 8 nitrogen and oxygen atoms in total. The van der Waals surface area contributed by atoms with Crippen molar-refractivity contribution in [1.82, 2.24) is 19.9 Å². The number of rotatable bonds is 9. The average Bonchev–Trinajstić information content (AvgIpc) is 3.25. The molecular weight excluding hydrogens is 478 g/mol. The number of carbonyl (C=O) groups is 1. The van der Waals surface area contributed by atoms with E-state index in [2.05, 4.69) is 44.1 Å². The molecule has 2 aromatic heterocycles. The first kappa shape index (κ1) is 25.1. The van der Waals surface area contributed by atoms with E-state index in [1.54, 1.807) is 12.4 Å². The molecule has 1 atom stereocenters. The van der Waals surface area contributed by atoms with Crippen molar-refractivity contribution in [3.63, 3.8) is 0 Å². The van der Waals surface area contributed by atoms with Crippen LogP contribution in [0.15, 0.2) is 36.8 Å². The molecule has 0 aliphatic carbocycles. The zero-order valence-electron chi connectivity index (χ0n) is 20.8. The highest BCUT2D eigenvalue weighted by molar-refractivity contribution is 6.35. The number of aryl methyl sites for hydroxylation is 1. The first-order valence-corrected chi connectivity index (χ1v) is 13.2. The number of ether oxygens (including phenoxy) is 2. The average molecular weight is 512 g/mol. The van der Waals surface area contributed by atoms with Gasteiger partial charge < -0.3 is 24.3 Å². The number of halogens is 1. The number of benzene rings is 1. The summed E-state index contributed by atoms with van der Waals surface area (Å²) in [5, 5.41) is 5.57. The van der Waals surface area contributed by atoms with Gasteiger partial charge in [-0.15, -0.1) is 0 Å². The largest absolute Gasteiger partial charge is 0.353 e. The molecule has 0 amide bonds. The maximum Gasteiger partial charge on any atom is 0.225 e. The van der Waals surface area contributed by atoms with E-state index in [-0.39, 0.29) is 18.7 Å². The number of fused-ring (bicyclic) bond motifs is 1. The van der Waals surface area contributed by atoms with Crippen LogP contribution in [0.25, 0.3) is 10.9 Å². The molecule has 0 spiro atoms. The van der Waals surface area contributed by atoms with E-state index in [9.17, 15) is 4.79 Å². The summed E-state index contributed by atoms with van der Waals surface area (Å²) >= 11 is 6.46. The van der Waals surface area contributed by atoms with Gasteiger partial charge in [0.15, 0.2) is 12.1 Å². The lowest BCUT2D eigenvalue weighted by Gasteiger charge is -2.32. The number of hydrogen-bond donors (Lipinski definition) is 1. The number of Topliss-reactive ketones (excluding diaryl/α,β-unsaturated/α-hetero) is 1. The third-order valence-corrected chi connectivity index (χ3v) is 7.50. The third-order valence-electron chi connectivity index (χ3n) is 7.19. The van der Waals surface area contributed by atoms with Crippen LogP contribution in [0.2, 0.25) is 5.02 Å². The number of nitrogens with zero attached hydrogens (tertiary/aromatic N) is 4. The monoisotopic (exact) mass is 511 g/mol. The van der Waals surface area contributed by atoms with Crippen molar-refractivity contribution in [2.24, 2.45) is 13.0 Å². The Morgan fingerprint density at radius 2 is 2.00 bits per heavy atom. The normalized spacial score (nSPS) is 19.2. The first-order valence-electron chi connectivity index (χ1n) is 12.8. The Kier molecular flexibility index (Phi) is 8.16. The van der Waals surface area contributed by atoms with Gasteiger partial charge in [0.2, 0.25) is 5.95 Å². The standard InChI is InChI=1S/C27H34ClN5O3/c1-32-17-21(26-22(28)5-4-6-23(26)32)14-29-13-19-8-10-33(11-9-19)27-30-15-20(16-31-27)24(34)18-36-25-7-2-3-12-35-25/h4-6,15-17,19,25,29H,2-3,7-14,18H2,1H3. The Bertz CT molecular complexity index is 1170.